The van der Waals surface area contributed by atoms with Gasteiger partial charge in [0, 0.05) is 40.7 Å². The molecule has 1 aliphatic heterocycles. The maximum atomic E-state index is 11.8. The van der Waals surface area contributed by atoms with Crippen LogP contribution in [0.5, 0.6) is 0 Å². The lowest BCUT2D eigenvalue weighted by atomic mass is 9.96. The zero-order chi connectivity index (χ0) is 24.3. The molecule has 1 amide bonds. The molecule has 0 aromatic rings. The minimum Gasteiger partial charge on any atom is -0.481 e. The van der Waals surface area contributed by atoms with E-state index in [-0.39, 0.29) is 19.6 Å². The first kappa shape index (κ1) is 27.3. The van der Waals surface area contributed by atoms with E-state index >= 15 is 0 Å². The van der Waals surface area contributed by atoms with Gasteiger partial charge in [0.2, 0.25) is 5.91 Å². The number of unbranched alkanes of at least 4 members (excludes halogenated alkanes) is 2. The van der Waals surface area contributed by atoms with Gasteiger partial charge in [-0.05, 0) is 12.8 Å². The molecule has 0 aromatic heterocycles. The van der Waals surface area contributed by atoms with Gasteiger partial charge in [-0.2, -0.15) is 0 Å². The largest absolute Gasteiger partial charge is 0.481 e. The molecule has 12 heteroatoms. The predicted octanol–water partition coefficient (Wildman–Crippen LogP) is 0.304. The van der Waals surface area contributed by atoms with E-state index in [2.05, 4.69) is 5.32 Å². The van der Waals surface area contributed by atoms with E-state index in [9.17, 15) is 24.0 Å². The highest BCUT2D eigenvalue weighted by atomic mass is 16.7. The number of carbonyl (C=O) groups is 5. The molecule has 0 aromatic carbocycles. The molecule has 0 unspecified atom stereocenters. The highest BCUT2D eigenvalue weighted by Crippen LogP contribution is 2.28. The number of hydrogen-bond donors (Lipinski definition) is 2. The fourth-order valence-electron chi connectivity index (χ4n) is 3.19. The Morgan fingerprint density at radius 2 is 1.50 bits per heavy atom. The van der Waals surface area contributed by atoms with Crippen molar-refractivity contribution in [2.75, 3.05) is 13.2 Å². The maximum Gasteiger partial charge on any atom is 0.303 e. The normalized spacial score (nSPS) is 24.8. The van der Waals surface area contributed by atoms with Gasteiger partial charge in [0.05, 0.1) is 0 Å². The summed E-state index contributed by atoms with van der Waals surface area (Å²) in [6, 6.07) is -1.02. The number of amides is 1. The summed E-state index contributed by atoms with van der Waals surface area (Å²) in [7, 11) is 0. The van der Waals surface area contributed by atoms with Crippen molar-refractivity contribution in [1.82, 2.24) is 5.32 Å². The van der Waals surface area contributed by atoms with Crippen molar-refractivity contribution in [2.24, 2.45) is 0 Å². The van der Waals surface area contributed by atoms with Crippen molar-refractivity contribution in [3.05, 3.63) is 0 Å². The zero-order valence-electron chi connectivity index (χ0n) is 18.7. The predicted molar refractivity (Wildman–Crippen MR) is 106 cm³/mol. The molecule has 2 N–H and O–H groups in total. The van der Waals surface area contributed by atoms with Crippen molar-refractivity contribution in [1.29, 1.82) is 0 Å². The monoisotopic (exact) mass is 461 g/mol. The standard InChI is InChI=1S/C20H31NO11/c1-11(22)21-17-19(31-14(4)25)18(30-13(3)24)15(10-29-12(2)23)32-20(17)28-9-7-5-6-8-16(26)27/h15,17-20H,5-10H2,1-4H3,(H,21,22)(H,26,27)/t15-,17-,18+,19-,20-/m1/s1. The summed E-state index contributed by atoms with van der Waals surface area (Å²) in [5, 5.41) is 11.3. The average Bonchev–Trinajstić information content (AvgIpc) is 2.65. The number of nitrogens with one attached hydrogen (secondary N) is 1. The van der Waals surface area contributed by atoms with Gasteiger partial charge in [-0.25, -0.2) is 0 Å². The Balaban J connectivity index is 3.05. The molecular weight excluding hydrogens is 430 g/mol. The summed E-state index contributed by atoms with van der Waals surface area (Å²) in [4.78, 5) is 57.1. The van der Waals surface area contributed by atoms with Crippen LogP contribution in [-0.4, -0.2) is 78.7 Å². The third kappa shape index (κ3) is 10.1. The highest BCUT2D eigenvalue weighted by Gasteiger charge is 2.51. The summed E-state index contributed by atoms with van der Waals surface area (Å²) in [5.41, 5.74) is 0. The second-order valence-corrected chi connectivity index (χ2v) is 7.30. The van der Waals surface area contributed by atoms with Gasteiger partial charge >= 0.3 is 23.9 Å². The smallest absolute Gasteiger partial charge is 0.303 e. The van der Waals surface area contributed by atoms with E-state index in [0.717, 1.165) is 13.8 Å². The SMILES string of the molecule is CC(=O)N[C@H]1[C@H](OCCCCCC(=O)O)O[C@H](COC(C)=O)[C@H](OC(C)=O)[C@@H]1OC(C)=O. The van der Waals surface area contributed by atoms with Gasteiger partial charge in [-0.3, -0.25) is 24.0 Å². The van der Waals surface area contributed by atoms with Crippen LogP contribution in [0.3, 0.4) is 0 Å². The Morgan fingerprint density at radius 3 is 2.03 bits per heavy atom. The first-order chi connectivity index (χ1) is 15.0. The van der Waals surface area contributed by atoms with Crippen molar-refractivity contribution in [3.8, 4) is 0 Å². The van der Waals surface area contributed by atoms with Gasteiger partial charge in [0.25, 0.3) is 0 Å². The Morgan fingerprint density at radius 1 is 0.875 bits per heavy atom. The molecule has 12 nitrogen and oxygen atoms in total. The number of ether oxygens (including phenoxy) is 5. The summed E-state index contributed by atoms with van der Waals surface area (Å²) in [6.45, 7) is 4.60. The van der Waals surface area contributed by atoms with Crippen molar-refractivity contribution in [3.63, 3.8) is 0 Å². The number of rotatable bonds is 12. The lowest BCUT2D eigenvalue weighted by Crippen LogP contribution is -2.66. The Bertz CT molecular complexity index is 680. The number of aliphatic carboxylic acids is 1. The van der Waals surface area contributed by atoms with Crippen LogP contribution in [-0.2, 0) is 47.7 Å². The lowest BCUT2D eigenvalue weighted by Gasteiger charge is -2.44. The first-order valence-electron chi connectivity index (χ1n) is 10.2. The molecule has 0 spiro atoms. The molecule has 0 aliphatic carbocycles. The van der Waals surface area contributed by atoms with Gasteiger partial charge in [0.15, 0.2) is 18.5 Å². The molecule has 1 aliphatic rings. The Hall–Kier alpha value is -2.73. The van der Waals surface area contributed by atoms with Crippen LogP contribution >= 0.6 is 0 Å². The minimum atomic E-state index is -1.18. The molecule has 1 rings (SSSR count). The summed E-state index contributed by atoms with van der Waals surface area (Å²) in [6.07, 6.45) is -2.89. The lowest BCUT2D eigenvalue weighted by molar-refractivity contribution is -0.277. The van der Waals surface area contributed by atoms with E-state index in [1.807, 2.05) is 0 Å². The highest BCUT2D eigenvalue weighted by molar-refractivity contribution is 5.73. The Labute approximate surface area is 185 Å². The fourth-order valence-corrected chi connectivity index (χ4v) is 3.19. The molecule has 1 saturated heterocycles. The topological polar surface area (TPSA) is 164 Å². The molecule has 1 heterocycles. The number of hydrogen-bond acceptors (Lipinski definition) is 10. The average molecular weight is 461 g/mol. The summed E-state index contributed by atoms with van der Waals surface area (Å²) < 4.78 is 27.2. The van der Waals surface area contributed by atoms with Gasteiger partial charge in [-0.15, -0.1) is 0 Å². The number of carboxylic acid groups (broad SMARTS) is 1. The van der Waals surface area contributed by atoms with Crippen LogP contribution in [0.15, 0.2) is 0 Å². The van der Waals surface area contributed by atoms with E-state index in [1.165, 1.54) is 13.8 Å². The molecule has 1 fully saturated rings. The van der Waals surface area contributed by atoms with Crippen LogP contribution in [0.4, 0.5) is 0 Å². The summed E-state index contributed by atoms with van der Waals surface area (Å²) in [5.74, 6) is -3.34. The quantitative estimate of drug-likeness (QED) is 0.233. The zero-order valence-corrected chi connectivity index (χ0v) is 18.7. The number of carboxylic acids is 1. The minimum absolute atomic E-state index is 0.0392. The number of esters is 3. The molecule has 5 atom stereocenters. The van der Waals surface area contributed by atoms with Crippen LogP contribution < -0.4 is 5.32 Å². The van der Waals surface area contributed by atoms with E-state index in [1.54, 1.807) is 0 Å². The molecule has 0 radical (unpaired) electrons. The third-order valence-corrected chi connectivity index (χ3v) is 4.39. The van der Waals surface area contributed by atoms with Gasteiger partial charge in [-0.1, -0.05) is 6.42 Å². The molecule has 0 bridgehead atoms. The molecule has 0 saturated carbocycles. The second kappa shape index (κ2) is 13.6. The third-order valence-electron chi connectivity index (χ3n) is 4.39. The molecular formula is C20H31NO11. The van der Waals surface area contributed by atoms with Crippen molar-refractivity contribution < 1.29 is 52.8 Å². The van der Waals surface area contributed by atoms with E-state index in [4.69, 9.17) is 28.8 Å². The molecule has 182 valence electrons. The molecule has 32 heavy (non-hydrogen) atoms. The van der Waals surface area contributed by atoms with Crippen LogP contribution in [0, 0.1) is 0 Å². The first-order valence-corrected chi connectivity index (χ1v) is 10.2. The van der Waals surface area contributed by atoms with Crippen LogP contribution in [0.2, 0.25) is 0 Å². The fraction of sp³-hybridized carbons (Fsp3) is 0.750. The van der Waals surface area contributed by atoms with Crippen molar-refractivity contribution >= 4 is 29.8 Å². The van der Waals surface area contributed by atoms with Crippen LogP contribution in [0.1, 0.15) is 53.4 Å². The summed E-state index contributed by atoms with van der Waals surface area (Å²) >= 11 is 0. The van der Waals surface area contributed by atoms with E-state index < -0.39 is 60.4 Å². The maximum absolute atomic E-state index is 11.8. The number of carbonyl (C=O) groups excluding carboxylic acids is 4. The Kier molecular flexibility index (Phi) is 11.6. The van der Waals surface area contributed by atoms with E-state index in [0.29, 0.717) is 19.3 Å². The second-order valence-electron chi connectivity index (χ2n) is 7.30. The van der Waals surface area contributed by atoms with Gasteiger partial charge < -0.3 is 34.1 Å². The van der Waals surface area contributed by atoms with Gasteiger partial charge in [0.1, 0.15) is 18.8 Å². The van der Waals surface area contributed by atoms with Crippen molar-refractivity contribution in [2.45, 2.75) is 84.0 Å². The van der Waals surface area contributed by atoms with Crippen LogP contribution in [0.25, 0.3) is 0 Å².